The van der Waals surface area contributed by atoms with Crippen molar-refractivity contribution in [3.63, 3.8) is 0 Å². The molecule has 2 bridgehead atoms. The third-order valence-electron chi connectivity index (χ3n) is 8.47. The van der Waals surface area contributed by atoms with Crippen LogP contribution in [0.25, 0.3) is 10.9 Å². The summed E-state index contributed by atoms with van der Waals surface area (Å²) >= 11 is 0. The molecule has 3 aromatic rings. The van der Waals surface area contributed by atoms with E-state index in [1.165, 1.54) is 18.7 Å². The molecule has 1 fully saturated rings. The number of aromatic amines is 1. The van der Waals surface area contributed by atoms with E-state index in [1.54, 1.807) is 18.3 Å². The van der Waals surface area contributed by atoms with Gasteiger partial charge in [0.2, 0.25) is 23.6 Å². The highest BCUT2D eigenvalue weighted by Crippen LogP contribution is 2.23. The number of aliphatic hydroxyl groups is 1. The van der Waals surface area contributed by atoms with E-state index in [4.69, 9.17) is 10.5 Å². The number of rotatable bonds is 3. The van der Waals surface area contributed by atoms with Crippen LogP contribution in [-0.4, -0.2) is 101 Å². The monoisotopic (exact) mass is 647 g/mol. The second-order valence-corrected chi connectivity index (χ2v) is 12.1. The molecule has 8 N–H and O–H groups in total. The predicted molar refractivity (Wildman–Crippen MR) is 172 cm³/mol. The summed E-state index contributed by atoms with van der Waals surface area (Å²) in [5.41, 5.74) is 8.79. The number of para-hydroxylation sites is 1. The number of fused-ring (bicyclic) bond motifs is 17. The third-order valence-corrected chi connectivity index (χ3v) is 8.47. The number of aliphatic hydroxyl groups excluding tert-OH is 1. The Hall–Kier alpha value is -4.95. The fraction of sp³-hybridized carbons (Fsp3) is 0.424. The Morgan fingerprint density at radius 1 is 0.979 bits per heavy atom. The van der Waals surface area contributed by atoms with E-state index in [1.807, 2.05) is 36.4 Å². The van der Waals surface area contributed by atoms with Gasteiger partial charge in [0.1, 0.15) is 29.9 Å². The van der Waals surface area contributed by atoms with Crippen molar-refractivity contribution in [1.29, 1.82) is 0 Å². The van der Waals surface area contributed by atoms with Crippen molar-refractivity contribution in [2.75, 3.05) is 19.7 Å². The Bertz CT molecular complexity index is 1620. The van der Waals surface area contributed by atoms with E-state index in [2.05, 4.69) is 26.3 Å². The minimum Gasteiger partial charge on any atom is -0.484 e. The lowest BCUT2D eigenvalue weighted by Crippen LogP contribution is -2.60. The maximum absolute atomic E-state index is 14.2. The number of ether oxygens (including phenoxy) is 1. The highest BCUT2D eigenvalue weighted by molar-refractivity contribution is 5.96. The van der Waals surface area contributed by atoms with Crippen LogP contribution < -0.4 is 31.7 Å². The number of nitrogens with one attached hydrogen (secondary N) is 5. The van der Waals surface area contributed by atoms with E-state index in [0.717, 1.165) is 22.0 Å². The van der Waals surface area contributed by atoms with E-state index in [9.17, 15) is 29.1 Å². The van der Waals surface area contributed by atoms with Crippen LogP contribution in [0.5, 0.6) is 5.75 Å². The zero-order valence-corrected chi connectivity index (χ0v) is 26.3. The maximum atomic E-state index is 14.2. The Balaban J connectivity index is 1.44. The number of benzene rings is 2. The zero-order chi connectivity index (χ0) is 33.7. The summed E-state index contributed by atoms with van der Waals surface area (Å²) in [7, 11) is 0. The number of carbonyl (C=O) groups excluding carboxylic acids is 5. The van der Waals surface area contributed by atoms with Gasteiger partial charge in [-0.3, -0.25) is 24.0 Å². The van der Waals surface area contributed by atoms with Crippen molar-refractivity contribution < 1.29 is 33.8 Å². The second kappa shape index (κ2) is 14.6. The van der Waals surface area contributed by atoms with Crippen molar-refractivity contribution in [2.24, 2.45) is 5.73 Å². The number of aromatic nitrogens is 1. The summed E-state index contributed by atoms with van der Waals surface area (Å²) in [6.45, 7) is 2.80. The number of nitrogens with zero attached hydrogens (tertiary/aromatic N) is 1. The highest BCUT2D eigenvalue weighted by Gasteiger charge is 2.42. The van der Waals surface area contributed by atoms with Gasteiger partial charge in [-0.2, -0.15) is 0 Å². The van der Waals surface area contributed by atoms with E-state index in [-0.39, 0.29) is 26.0 Å². The predicted octanol–water partition coefficient (Wildman–Crippen LogP) is -0.755. The molecule has 47 heavy (non-hydrogen) atoms. The first-order valence-electron chi connectivity index (χ1n) is 15.7. The first-order valence-corrected chi connectivity index (χ1v) is 15.7. The van der Waals surface area contributed by atoms with Gasteiger partial charge in [-0.15, -0.1) is 0 Å². The van der Waals surface area contributed by atoms with E-state index >= 15 is 0 Å². The lowest BCUT2D eigenvalue weighted by Gasteiger charge is -2.30. The Labute approximate surface area is 271 Å². The Morgan fingerprint density at radius 2 is 1.72 bits per heavy atom. The minimum atomic E-state index is -1.42. The first kappa shape index (κ1) is 33.4. The second-order valence-electron chi connectivity index (χ2n) is 12.1. The van der Waals surface area contributed by atoms with Gasteiger partial charge < -0.3 is 46.7 Å². The summed E-state index contributed by atoms with van der Waals surface area (Å²) in [6.07, 6.45) is 1.16. The SMILES string of the molecule is C[C@@H]1NC(=O)[C@H]([C@@H](C)O)NC(=O)[C@@H]2C[C@H](N)CN2C(=O)[C@@H](Cc2c[nH]c3ccccc23)NC(=O)COc2ccc(cc2)CCNC1=O. The molecule has 4 heterocycles. The van der Waals surface area contributed by atoms with Crippen molar-refractivity contribution in [3.8, 4) is 5.75 Å². The lowest BCUT2D eigenvalue weighted by molar-refractivity contribution is -0.143. The van der Waals surface area contributed by atoms with Gasteiger partial charge in [0.15, 0.2) is 6.61 Å². The van der Waals surface area contributed by atoms with Crippen molar-refractivity contribution in [2.45, 2.75) is 69.4 Å². The molecular formula is C33H41N7O7. The van der Waals surface area contributed by atoms with Crippen molar-refractivity contribution >= 4 is 40.4 Å². The molecule has 0 saturated carbocycles. The van der Waals surface area contributed by atoms with Crippen LogP contribution >= 0.6 is 0 Å². The summed E-state index contributed by atoms with van der Waals surface area (Å²) in [6, 6.07) is 9.51. The number of H-pyrrole nitrogens is 1. The molecule has 0 radical (unpaired) electrons. The van der Waals surface area contributed by atoms with Crippen LogP contribution in [0.3, 0.4) is 0 Å². The molecule has 3 aliphatic heterocycles. The zero-order valence-electron chi connectivity index (χ0n) is 26.3. The van der Waals surface area contributed by atoms with Gasteiger partial charge in [0, 0.05) is 42.7 Å². The molecule has 14 heteroatoms. The summed E-state index contributed by atoms with van der Waals surface area (Å²) < 4.78 is 5.71. The number of hydrogen-bond acceptors (Lipinski definition) is 8. The van der Waals surface area contributed by atoms with Crippen LogP contribution in [-0.2, 0) is 36.8 Å². The molecule has 3 aliphatic rings. The van der Waals surface area contributed by atoms with Crippen LogP contribution in [0, 0.1) is 0 Å². The third kappa shape index (κ3) is 8.07. The number of carbonyl (C=O) groups is 5. The molecule has 14 nitrogen and oxygen atoms in total. The number of amides is 5. The molecule has 1 saturated heterocycles. The normalized spacial score (nSPS) is 25.8. The first-order chi connectivity index (χ1) is 22.5. The fourth-order valence-corrected chi connectivity index (χ4v) is 5.92. The average Bonchev–Trinajstić information content (AvgIpc) is 3.65. The average molecular weight is 648 g/mol. The van der Waals surface area contributed by atoms with E-state index < -0.39 is 65.8 Å². The fourth-order valence-electron chi connectivity index (χ4n) is 5.92. The maximum Gasteiger partial charge on any atom is 0.258 e. The molecule has 0 aliphatic carbocycles. The molecule has 5 amide bonds. The minimum absolute atomic E-state index is 0.0305. The molecular weight excluding hydrogens is 606 g/mol. The van der Waals surface area contributed by atoms with Gasteiger partial charge in [0.25, 0.3) is 5.91 Å². The summed E-state index contributed by atoms with van der Waals surface area (Å²) in [5, 5.41) is 22.0. The standard InChI is InChI=1S/C33H41N7O7/c1-18-30(43)35-12-11-20-7-9-23(10-8-20)47-17-28(42)38-26(13-21-15-36-25-6-4-3-5-24(21)25)33(46)40-16-22(34)14-27(40)31(44)39-29(19(2)41)32(45)37-18/h3-10,15,18-19,22,26-27,29,36,41H,11-14,16-17,34H2,1-2H3,(H,35,43)(H,37,45)(H,38,42)(H,39,44)/t18-,19+,22-,26+,27-,29-/m0/s1. The molecule has 6 rings (SSSR count). The summed E-state index contributed by atoms with van der Waals surface area (Å²) in [4.78, 5) is 71.3. The lowest BCUT2D eigenvalue weighted by atomic mass is 10.0. The van der Waals surface area contributed by atoms with Gasteiger partial charge in [-0.1, -0.05) is 30.3 Å². The smallest absolute Gasteiger partial charge is 0.258 e. The van der Waals surface area contributed by atoms with Gasteiger partial charge in [-0.25, -0.2) is 0 Å². The summed E-state index contributed by atoms with van der Waals surface area (Å²) in [5.74, 6) is -2.54. The molecule has 6 atom stereocenters. The number of nitrogens with two attached hydrogens (primary N) is 1. The topological polar surface area (TPSA) is 208 Å². The largest absolute Gasteiger partial charge is 0.484 e. The van der Waals surface area contributed by atoms with Crippen LogP contribution in [0.1, 0.15) is 31.4 Å². The van der Waals surface area contributed by atoms with Crippen LogP contribution in [0.15, 0.2) is 54.7 Å². The highest BCUT2D eigenvalue weighted by atomic mass is 16.5. The van der Waals surface area contributed by atoms with Gasteiger partial charge >= 0.3 is 0 Å². The van der Waals surface area contributed by atoms with Crippen LogP contribution in [0.4, 0.5) is 0 Å². The molecule has 2 aromatic carbocycles. The molecule has 0 unspecified atom stereocenters. The van der Waals surface area contributed by atoms with Crippen LogP contribution in [0.2, 0.25) is 0 Å². The Kier molecular flexibility index (Phi) is 10.4. The van der Waals surface area contributed by atoms with Crippen molar-refractivity contribution in [1.82, 2.24) is 31.2 Å². The number of hydrogen-bond donors (Lipinski definition) is 7. The molecule has 0 spiro atoms. The Morgan fingerprint density at radius 3 is 2.47 bits per heavy atom. The van der Waals surface area contributed by atoms with Crippen molar-refractivity contribution in [3.05, 3.63) is 65.9 Å². The van der Waals surface area contributed by atoms with Gasteiger partial charge in [0.05, 0.1) is 6.10 Å². The molecule has 1 aromatic heterocycles. The molecule has 250 valence electrons. The quantitative estimate of drug-likeness (QED) is 0.180. The van der Waals surface area contributed by atoms with Gasteiger partial charge in [-0.05, 0) is 56.0 Å². The van der Waals surface area contributed by atoms with E-state index in [0.29, 0.717) is 18.7 Å².